The van der Waals surface area contributed by atoms with Crippen molar-refractivity contribution in [2.45, 2.75) is 13.5 Å². The van der Waals surface area contributed by atoms with Crippen molar-refractivity contribution >= 4 is 29.1 Å². The summed E-state index contributed by atoms with van der Waals surface area (Å²) in [5.41, 5.74) is 0.944. The van der Waals surface area contributed by atoms with Gasteiger partial charge in [-0.3, -0.25) is 4.79 Å². The van der Waals surface area contributed by atoms with E-state index in [0.29, 0.717) is 18.2 Å². The molecule has 1 aromatic rings. The fourth-order valence-electron chi connectivity index (χ4n) is 1.18. The maximum absolute atomic E-state index is 11.4. The van der Waals surface area contributed by atoms with Crippen LogP contribution in [0.5, 0.6) is 0 Å². The molecule has 15 heavy (non-hydrogen) atoms. The largest absolute Gasteiger partial charge is 0.338 e. The van der Waals surface area contributed by atoms with Gasteiger partial charge in [0.15, 0.2) is 0 Å². The molecule has 0 N–H and O–H groups in total. The SMILES string of the molecule is CCN(Cc1ccc(Cl)nc1)C(=O)CCl. The third-order valence-electron chi connectivity index (χ3n) is 2.01. The highest BCUT2D eigenvalue weighted by molar-refractivity contribution is 6.29. The average molecular weight is 247 g/mol. The number of carbonyl (C=O) groups is 1. The van der Waals surface area contributed by atoms with Crippen molar-refractivity contribution < 1.29 is 4.79 Å². The summed E-state index contributed by atoms with van der Waals surface area (Å²) in [5.74, 6) is -0.0661. The number of carbonyl (C=O) groups excluding carboxylic acids is 1. The normalized spacial score (nSPS) is 10.1. The number of aromatic nitrogens is 1. The molecule has 0 aromatic carbocycles. The molecule has 3 nitrogen and oxygen atoms in total. The Morgan fingerprint density at radius 1 is 1.53 bits per heavy atom. The maximum Gasteiger partial charge on any atom is 0.237 e. The Hall–Kier alpha value is -0.800. The number of pyridine rings is 1. The predicted molar refractivity (Wildman–Crippen MR) is 61.1 cm³/mol. The Labute approximate surface area is 99.0 Å². The molecule has 5 heteroatoms. The molecule has 0 unspecified atom stereocenters. The van der Waals surface area contributed by atoms with Gasteiger partial charge in [0.2, 0.25) is 5.91 Å². The zero-order valence-corrected chi connectivity index (χ0v) is 9.92. The van der Waals surface area contributed by atoms with Gasteiger partial charge in [0.25, 0.3) is 0 Å². The van der Waals surface area contributed by atoms with Gasteiger partial charge >= 0.3 is 0 Å². The molecule has 0 spiro atoms. The maximum atomic E-state index is 11.4. The monoisotopic (exact) mass is 246 g/mol. The van der Waals surface area contributed by atoms with Crippen LogP contribution in [0, 0.1) is 0 Å². The quantitative estimate of drug-likeness (QED) is 0.604. The molecule has 0 atom stereocenters. The average Bonchev–Trinajstić information content (AvgIpc) is 2.27. The molecule has 0 saturated heterocycles. The van der Waals surface area contributed by atoms with Gasteiger partial charge in [-0.05, 0) is 18.6 Å². The van der Waals surface area contributed by atoms with Gasteiger partial charge in [-0.2, -0.15) is 0 Å². The van der Waals surface area contributed by atoms with Crippen molar-refractivity contribution in [2.24, 2.45) is 0 Å². The Morgan fingerprint density at radius 2 is 2.27 bits per heavy atom. The highest BCUT2D eigenvalue weighted by Crippen LogP contribution is 2.08. The smallest absolute Gasteiger partial charge is 0.237 e. The fraction of sp³-hybridized carbons (Fsp3) is 0.400. The summed E-state index contributed by atoms with van der Waals surface area (Å²) >= 11 is 11.1. The summed E-state index contributed by atoms with van der Waals surface area (Å²) in [6.45, 7) is 3.06. The number of amides is 1. The molecule has 0 bridgehead atoms. The van der Waals surface area contributed by atoms with Crippen LogP contribution in [0.25, 0.3) is 0 Å². The van der Waals surface area contributed by atoms with Crippen molar-refractivity contribution in [1.82, 2.24) is 9.88 Å². The van der Waals surface area contributed by atoms with E-state index < -0.39 is 0 Å². The summed E-state index contributed by atoms with van der Waals surface area (Å²) in [7, 11) is 0. The first-order valence-corrected chi connectivity index (χ1v) is 5.52. The molecule has 0 aliphatic heterocycles. The minimum absolute atomic E-state index is 0.00879. The van der Waals surface area contributed by atoms with Crippen molar-refractivity contribution in [3.05, 3.63) is 29.0 Å². The Morgan fingerprint density at radius 3 is 2.73 bits per heavy atom. The van der Waals surface area contributed by atoms with Crippen molar-refractivity contribution in [3.8, 4) is 0 Å². The van der Waals surface area contributed by atoms with E-state index in [0.717, 1.165) is 5.56 Å². The second-order valence-corrected chi connectivity index (χ2v) is 3.69. The number of hydrogen-bond acceptors (Lipinski definition) is 2. The number of alkyl halides is 1. The molecule has 0 aliphatic rings. The van der Waals surface area contributed by atoms with E-state index in [2.05, 4.69) is 4.98 Å². The molecule has 0 saturated carbocycles. The van der Waals surface area contributed by atoms with E-state index in [4.69, 9.17) is 23.2 Å². The minimum atomic E-state index is -0.0749. The number of nitrogens with zero attached hydrogens (tertiary/aromatic N) is 2. The summed E-state index contributed by atoms with van der Waals surface area (Å²) in [4.78, 5) is 17.0. The van der Waals surface area contributed by atoms with Gasteiger partial charge in [-0.15, -0.1) is 11.6 Å². The lowest BCUT2D eigenvalue weighted by Gasteiger charge is -2.19. The molecule has 0 radical (unpaired) electrons. The van der Waals surface area contributed by atoms with E-state index in [9.17, 15) is 4.79 Å². The summed E-state index contributed by atoms with van der Waals surface area (Å²) in [5, 5.41) is 0.450. The van der Waals surface area contributed by atoms with Crippen molar-refractivity contribution in [2.75, 3.05) is 12.4 Å². The predicted octanol–water partition coefficient (Wildman–Crippen LogP) is 2.32. The minimum Gasteiger partial charge on any atom is -0.338 e. The first kappa shape index (κ1) is 12.3. The molecule has 1 aromatic heterocycles. The number of rotatable bonds is 4. The van der Waals surface area contributed by atoms with Gasteiger partial charge < -0.3 is 4.90 Å². The summed E-state index contributed by atoms with van der Waals surface area (Å²) < 4.78 is 0. The lowest BCUT2D eigenvalue weighted by Crippen LogP contribution is -2.31. The van der Waals surface area contributed by atoms with E-state index in [1.807, 2.05) is 13.0 Å². The molecule has 1 heterocycles. The first-order chi connectivity index (χ1) is 7.17. The van der Waals surface area contributed by atoms with Gasteiger partial charge in [0.1, 0.15) is 11.0 Å². The van der Waals surface area contributed by atoms with Crippen LogP contribution in [-0.2, 0) is 11.3 Å². The second-order valence-electron chi connectivity index (χ2n) is 3.03. The van der Waals surface area contributed by atoms with E-state index >= 15 is 0 Å². The van der Waals surface area contributed by atoms with Crippen LogP contribution in [0.3, 0.4) is 0 Å². The molecule has 1 amide bonds. The molecule has 0 aliphatic carbocycles. The molecule has 82 valence electrons. The highest BCUT2D eigenvalue weighted by Gasteiger charge is 2.10. The second kappa shape index (κ2) is 5.93. The standard InChI is InChI=1S/C10H12Cl2N2O/c1-2-14(10(15)5-11)7-8-3-4-9(12)13-6-8/h3-4,6H,2,5,7H2,1H3. The van der Waals surface area contributed by atoms with Crippen LogP contribution in [0.4, 0.5) is 0 Å². The summed E-state index contributed by atoms with van der Waals surface area (Å²) in [6.07, 6.45) is 1.66. The zero-order chi connectivity index (χ0) is 11.3. The van der Waals surface area contributed by atoms with Gasteiger partial charge in [0, 0.05) is 19.3 Å². The lowest BCUT2D eigenvalue weighted by molar-refractivity contribution is -0.128. The third kappa shape index (κ3) is 3.68. The Kier molecular flexibility index (Phi) is 4.85. The van der Waals surface area contributed by atoms with Crippen LogP contribution in [0.15, 0.2) is 18.3 Å². The van der Waals surface area contributed by atoms with Gasteiger partial charge in [0.05, 0.1) is 0 Å². The van der Waals surface area contributed by atoms with E-state index in [1.165, 1.54) is 0 Å². The van der Waals surface area contributed by atoms with Crippen molar-refractivity contribution in [3.63, 3.8) is 0 Å². The van der Waals surface area contributed by atoms with E-state index in [-0.39, 0.29) is 11.8 Å². The van der Waals surface area contributed by atoms with Crippen molar-refractivity contribution in [1.29, 1.82) is 0 Å². The zero-order valence-electron chi connectivity index (χ0n) is 8.41. The molecule has 1 rings (SSSR count). The lowest BCUT2D eigenvalue weighted by atomic mass is 10.2. The topological polar surface area (TPSA) is 33.2 Å². The van der Waals surface area contributed by atoms with Crippen LogP contribution < -0.4 is 0 Å². The van der Waals surface area contributed by atoms with Crippen LogP contribution in [0.2, 0.25) is 5.15 Å². The van der Waals surface area contributed by atoms with E-state index in [1.54, 1.807) is 17.2 Å². The number of hydrogen-bond donors (Lipinski definition) is 0. The molecular formula is C10H12Cl2N2O. The fourth-order valence-corrected chi connectivity index (χ4v) is 1.46. The van der Waals surface area contributed by atoms with Gasteiger partial charge in [-0.1, -0.05) is 17.7 Å². The number of halogens is 2. The molecular weight excluding hydrogens is 235 g/mol. The summed E-state index contributed by atoms with van der Waals surface area (Å²) in [6, 6.07) is 3.55. The van der Waals surface area contributed by atoms with Crippen LogP contribution >= 0.6 is 23.2 Å². The Balaban J connectivity index is 2.66. The first-order valence-electron chi connectivity index (χ1n) is 4.61. The van der Waals surface area contributed by atoms with Crippen LogP contribution in [-0.4, -0.2) is 28.2 Å². The Bertz CT molecular complexity index is 327. The molecule has 0 fully saturated rings. The third-order valence-corrected chi connectivity index (χ3v) is 2.46. The van der Waals surface area contributed by atoms with Gasteiger partial charge in [-0.25, -0.2) is 4.98 Å². The van der Waals surface area contributed by atoms with Crippen LogP contribution in [0.1, 0.15) is 12.5 Å². The highest BCUT2D eigenvalue weighted by atomic mass is 35.5.